The molecule has 4 nitrogen and oxygen atoms in total. The molecule has 0 radical (unpaired) electrons. The highest BCUT2D eigenvalue weighted by molar-refractivity contribution is 5.77. The number of rotatable bonds is 6. The molecule has 3 aromatic rings. The molecule has 0 aliphatic heterocycles. The monoisotopic (exact) mass is 385 g/mol. The van der Waals surface area contributed by atoms with Gasteiger partial charge in [0.25, 0.3) is 0 Å². The first-order chi connectivity index (χ1) is 14.1. The van der Waals surface area contributed by atoms with E-state index in [1.807, 2.05) is 42.6 Å². The average molecular weight is 386 g/mol. The predicted octanol–water partition coefficient (Wildman–Crippen LogP) is 3.97. The second-order valence-corrected chi connectivity index (χ2v) is 7.70. The Labute approximate surface area is 172 Å². The number of hydrogen-bond acceptors (Lipinski definition) is 4. The van der Waals surface area contributed by atoms with Crippen molar-refractivity contribution >= 4 is 12.2 Å². The summed E-state index contributed by atoms with van der Waals surface area (Å²) in [5, 5.41) is 14.7. The molecule has 2 N–H and O–H groups in total. The summed E-state index contributed by atoms with van der Waals surface area (Å²) in [6.07, 6.45) is 5.28. The van der Waals surface area contributed by atoms with Gasteiger partial charge in [-0.1, -0.05) is 54.6 Å². The Kier molecular flexibility index (Phi) is 5.86. The van der Waals surface area contributed by atoms with Gasteiger partial charge in [-0.15, -0.1) is 0 Å². The van der Waals surface area contributed by atoms with Crippen molar-refractivity contribution in [1.29, 1.82) is 0 Å². The Morgan fingerprint density at radius 3 is 2.59 bits per heavy atom. The zero-order chi connectivity index (χ0) is 20.2. The van der Waals surface area contributed by atoms with E-state index in [9.17, 15) is 5.11 Å². The highest BCUT2D eigenvalue weighted by Gasteiger charge is 2.22. The maximum atomic E-state index is 11.2. The molecule has 1 unspecified atom stereocenters. The van der Waals surface area contributed by atoms with Gasteiger partial charge >= 0.3 is 0 Å². The third-order valence-electron chi connectivity index (χ3n) is 5.34. The zero-order valence-corrected chi connectivity index (χ0v) is 17.0. The fourth-order valence-electron chi connectivity index (χ4n) is 3.72. The summed E-state index contributed by atoms with van der Waals surface area (Å²) in [4.78, 5) is 6.81. The molecule has 1 atom stereocenters. The molecule has 1 aliphatic carbocycles. The zero-order valence-electron chi connectivity index (χ0n) is 17.0. The van der Waals surface area contributed by atoms with Crippen LogP contribution in [0.25, 0.3) is 23.3 Å². The van der Waals surface area contributed by atoms with Crippen molar-refractivity contribution in [2.24, 2.45) is 0 Å². The van der Waals surface area contributed by atoms with Crippen LogP contribution in [0.15, 0.2) is 60.8 Å². The number of nitrogens with zero attached hydrogens (tertiary/aromatic N) is 2. The molecule has 2 aromatic carbocycles. The van der Waals surface area contributed by atoms with E-state index in [0.29, 0.717) is 0 Å². The van der Waals surface area contributed by atoms with Crippen LogP contribution in [-0.4, -0.2) is 42.2 Å². The normalized spacial score (nSPS) is 15.1. The Morgan fingerprint density at radius 2 is 1.79 bits per heavy atom. The summed E-state index contributed by atoms with van der Waals surface area (Å²) in [5.41, 5.74) is 6.98. The summed E-state index contributed by atoms with van der Waals surface area (Å²) in [5.74, 6) is 0. The van der Waals surface area contributed by atoms with E-state index in [0.717, 1.165) is 53.1 Å². The molecule has 1 heterocycles. The maximum absolute atomic E-state index is 11.2. The fourth-order valence-corrected chi connectivity index (χ4v) is 3.72. The minimum atomic E-state index is -0.701. The summed E-state index contributed by atoms with van der Waals surface area (Å²) < 4.78 is 0. The van der Waals surface area contributed by atoms with Crippen LogP contribution in [0.3, 0.4) is 0 Å². The Balaban J connectivity index is 1.65. The van der Waals surface area contributed by atoms with Crippen LogP contribution in [0, 0.1) is 0 Å². The second kappa shape index (κ2) is 8.70. The lowest BCUT2D eigenvalue weighted by Crippen LogP contribution is -2.26. The number of aromatic nitrogens is 1. The minimum absolute atomic E-state index is 0.701. The van der Waals surface area contributed by atoms with Crippen molar-refractivity contribution in [1.82, 2.24) is 15.2 Å². The topological polar surface area (TPSA) is 48.4 Å². The predicted molar refractivity (Wildman–Crippen MR) is 119 cm³/mol. The van der Waals surface area contributed by atoms with Crippen LogP contribution in [-0.2, 0) is 6.54 Å². The van der Waals surface area contributed by atoms with Crippen molar-refractivity contribution < 1.29 is 5.11 Å². The molecule has 1 aliphatic rings. The van der Waals surface area contributed by atoms with Crippen molar-refractivity contribution in [3.63, 3.8) is 0 Å². The van der Waals surface area contributed by atoms with Crippen molar-refractivity contribution in [2.75, 3.05) is 27.2 Å². The number of aliphatic hydroxyl groups excluding tert-OH is 1. The SMILES string of the molecule is CN(C)CCNCc1cccc2c1C=Cc1ncc(-c3ccccc3)cc1C2O. The number of likely N-dealkylation sites (N-methyl/N-ethyl adjacent to an activating group) is 1. The molecule has 4 heteroatoms. The molecule has 4 rings (SSSR count). The third kappa shape index (κ3) is 4.30. The van der Waals surface area contributed by atoms with Gasteiger partial charge in [0, 0.05) is 37.0 Å². The summed E-state index contributed by atoms with van der Waals surface area (Å²) in [7, 11) is 4.15. The molecule has 0 saturated carbocycles. The largest absolute Gasteiger partial charge is 0.384 e. The third-order valence-corrected chi connectivity index (χ3v) is 5.34. The number of fused-ring (bicyclic) bond motifs is 2. The van der Waals surface area contributed by atoms with Crippen LogP contribution in [0.5, 0.6) is 0 Å². The molecule has 1 aromatic heterocycles. The van der Waals surface area contributed by atoms with Gasteiger partial charge in [-0.25, -0.2) is 0 Å². The van der Waals surface area contributed by atoms with E-state index >= 15 is 0 Å². The van der Waals surface area contributed by atoms with E-state index in [1.165, 1.54) is 5.56 Å². The van der Waals surface area contributed by atoms with Gasteiger partial charge < -0.3 is 15.3 Å². The first kappa shape index (κ1) is 19.5. The smallest absolute Gasteiger partial charge is 0.107 e. The van der Waals surface area contributed by atoms with Crippen LogP contribution in [0.2, 0.25) is 0 Å². The first-order valence-electron chi connectivity index (χ1n) is 10.0. The van der Waals surface area contributed by atoms with E-state index < -0.39 is 6.10 Å². The van der Waals surface area contributed by atoms with Gasteiger partial charge in [-0.2, -0.15) is 0 Å². The van der Waals surface area contributed by atoms with Gasteiger partial charge in [0.1, 0.15) is 6.10 Å². The number of aliphatic hydroxyl groups is 1. The molecule has 0 amide bonds. The number of pyridine rings is 1. The molecular weight excluding hydrogens is 358 g/mol. The Morgan fingerprint density at radius 1 is 0.966 bits per heavy atom. The standard InChI is InChI=1S/C25H27N3O/c1-28(2)14-13-26-16-19-9-6-10-22-21(19)11-12-24-23(25(22)29)15-20(17-27-24)18-7-4-3-5-8-18/h3-12,15,17,25-26,29H,13-14,16H2,1-2H3. The fraction of sp³-hybridized carbons (Fsp3) is 0.240. The van der Waals surface area contributed by atoms with E-state index in [-0.39, 0.29) is 0 Å². The van der Waals surface area contributed by atoms with Crippen molar-refractivity contribution in [2.45, 2.75) is 12.6 Å². The van der Waals surface area contributed by atoms with Gasteiger partial charge in [-0.05, 0) is 48.5 Å². The minimum Gasteiger partial charge on any atom is -0.384 e. The quantitative estimate of drug-likeness (QED) is 0.631. The summed E-state index contributed by atoms with van der Waals surface area (Å²) >= 11 is 0. The lowest BCUT2D eigenvalue weighted by atomic mass is 9.93. The van der Waals surface area contributed by atoms with E-state index in [1.54, 1.807) is 0 Å². The number of hydrogen-bond donors (Lipinski definition) is 2. The van der Waals surface area contributed by atoms with Crippen LogP contribution in [0.4, 0.5) is 0 Å². The first-order valence-corrected chi connectivity index (χ1v) is 10.0. The number of nitrogens with one attached hydrogen (secondary N) is 1. The summed E-state index contributed by atoms with van der Waals surface area (Å²) in [6, 6.07) is 18.4. The van der Waals surface area contributed by atoms with E-state index in [4.69, 9.17) is 0 Å². The van der Waals surface area contributed by atoms with E-state index in [2.05, 4.69) is 59.6 Å². The lowest BCUT2D eigenvalue weighted by molar-refractivity contribution is 0.219. The van der Waals surface area contributed by atoms with Gasteiger partial charge in [0.2, 0.25) is 0 Å². The van der Waals surface area contributed by atoms with Crippen molar-refractivity contribution in [3.05, 3.63) is 88.7 Å². The molecule has 148 valence electrons. The highest BCUT2D eigenvalue weighted by Crippen LogP contribution is 2.35. The van der Waals surface area contributed by atoms with Gasteiger partial charge in [0.15, 0.2) is 0 Å². The molecular formula is C25H27N3O. The van der Waals surface area contributed by atoms with Crippen LogP contribution in [0.1, 0.15) is 34.1 Å². The van der Waals surface area contributed by atoms with Gasteiger partial charge in [-0.3, -0.25) is 4.98 Å². The molecule has 29 heavy (non-hydrogen) atoms. The highest BCUT2D eigenvalue weighted by atomic mass is 16.3. The Bertz CT molecular complexity index is 1010. The van der Waals surface area contributed by atoms with Crippen molar-refractivity contribution in [3.8, 4) is 11.1 Å². The Hall–Kier alpha value is -2.79. The molecule has 0 fully saturated rings. The molecule has 0 bridgehead atoms. The van der Waals surface area contributed by atoms with Crippen LogP contribution < -0.4 is 5.32 Å². The summed E-state index contributed by atoms with van der Waals surface area (Å²) in [6.45, 7) is 2.68. The van der Waals surface area contributed by atoms with Gasteiger partial charge in [0.05, 0.1) is 5.69 Å². The lowest BCUT2D eigenvalue weighted by Gasteiger charge is -2.18. The molecule has 0 saturated heterocycles. The second-order valence-electron chi connectivity index (χ2n) is 7.70. The number of benzene rings is 2. The molecule has 0 spiro atoms. The van der Waals surface area contributed by atoms with Crippen LogP contribution >= 0.6 is 0 Å². The maximum Gasteiger partial charge on any atom is 0.107 e. The average Bonchev–Trinajstić information content (AvgIpc) is 2.89.